The molecule has 138 valence electrons. The van der Waals surface area contributed by atoms with Crippen molar-refractivity contribution in [1.29, 1.82) is 0 Å². The molecule has 0 aliphatic carbocycles. The largest absolute Gasteiger partial charge is 0.345 e. The fourth-order valence-electron chi connectivity index (χ4n) is 3.28. The Balaban J connectivity index is 1.50. The van der Waals surface area contributed by atoms with Gasteiger partial charge in [-0.05, 0) is 23.8 Å². The standard InChI is InChI=1S/C21H16FN5S/c1-27-11-15(9-25-27)14-7-17-18(10-24-21(17)23-8-14)19-12-28-20(26-19)6-13-3-2-4-16(22)5-13/h2-5,7-12H,6H2,1H3,(H,23,24). The summed E-state index contributed by atoms with van der Waals surface area (Å²) in [5, 5.41) is 8.24. The second kappa shape index (κ2) is 6.69. The zero-order valence-electron chi connectivity index (χ0n) is 15.1. The molecule has 0 aliphatic heterocycles. The van der Waals surface area contributed by atoms with E-state index in [9.17, 15) is 4.39 Å². The van der Waals surface area contributed by atoms with Crippen LogP contribution < -0.4 is 0 Å². The van der Waals surface area contributed by atoms with E-state index >= 15 is 0 Å². The smallest absolute Gasteiger partial charge is 0.137 e. The molecule has 7 heteroatoms. The quantitative estimate of drug-likeness (QED) is 0.480. The Morgan fingerprint density at radius 1 is 1.18 bits per heavy atom. The van der Waals surface area contributed by atoms with Gasteiger partial charge < -0.3 is 4.98 Å². The molecule has 0 radical (unpaired) electrons. The maximum atomic E-state index is 13.4. The number of aromatic nitrogens is 5. The van der Waals surface area contributed by atoms with Crippen molar-refractivity contribution in [2.24, 2.45) is 7.05 Å². The number of benzene rings is 1. The summed E-state index contributed by atoms with van der Waals surface area (Å²) in [6.07, 6.45) is 8.19. The lowest BCUT2D eigenvalue weighted by atomic mass is 10.1. The average Bonchev–Trinajstić information content (AvgIpc) is 3.40. The molecule has 0 aliphatic rings. The Morgan fingerprint density at radius 2 is 2.11 bits per heavy atom. The number of aromatic amines is 1. The number of fused-ring (bicyclic) bond motifs is 1. The van der Waals surface area contributed by atoms with Gasteiger partial charge in [0.15, 0.2) is 0 Å². The second-order valence-corrected chi connectivity index (χ2v) is 7.60. The predicted octanol–water partition coefficient (Wildman–Crippen LogP) is 4.82. The highest BCUT2D eigenvalue weighted by atomic mass is 32.1. The van der Waals surface area contributed by atoms with Crippen molar-refractivity contribution in [1.82, 2.24) is 24.7 Å². The van der Waals surface area contributed by atoms with Crippen molar-refractivity contribution in [3.8, 4) is 22.4 Å². The van der Waals surface area contributed by atoms with Crippen molar-refractivity contribution >= 4 is 22.4 Å². The Kier molecular flexibility index (Phi) is 4.02. The number of hydrogen-bond acceptors (Lipinski definition) is 4. The average molecular weight is 389 g/mol. The van der Waals surface area contributed by atoms with E-state index in [1.807, 2.05) is 43.3 Å². The van der Waals surface area contributed by atoms with Crippen LogP contribution >= 0.6 is 11.3 Å². The van der Waals surface area contributed by atoms with Gasteiger partial charge in [-0.1, -0.05) is 12.1 Å². The summed E-state index contributed by atoms with van der Waals surface area (Å²) in [4.78, 5) is 12.5. The summed E-state index contributed by atoms with van der Waals surface area (Å²) in [5.41, 5.74) is 5.68. The summed E-state index contributed by atoms with van der Waals surface area (Å²) >= 11 is 1.58. The third-order valence-corrected chi connectivity index (χ3v) is 5.49. The predicted molar refractivity (Wildman–Crippen MR) is 109 cm³/mol. The Morgan fingerprint density at radius 3 is 2.93 bits per heavy atom. The Hall–Kier alpha value is -3.32. The minimum atomic E-state index is -0.222. The highest BCUT2D eigenvalue weighted by Gasteiger charge is 2.13. The van der Waals surface area contributed by atoms with E-state index in [-0.39, 0.29) is 5.82 Å². The Bertz CT molecular complexity index is 1280. The number of pyridine rings is 1. The van der Waals surface area contributed by atoms with E-state index in [1.165, 1.54) is 6.07 Å². The number of rotatable bonds is 4. The Labute approximate surface area is 164 Å². The SMILES string of the molecule is Cn1cc(-c2cnc3[nH]cc(-c4csc(Cc5cccc(F)c5)n4)c3c2)cn1. The zero-order chi connectivity index (χ0) is 19.1. The lowest BCUT2D eigenvalue weighted by Gasteiger charge is -2.00. The number of halogens is 1. The van der Waals surface area contributed by atoms with E-state index in [2.05, 4.69) is 21.1 Å². The van der Waals surface area contributed by atoms with Crippen LogP contribution in [0.3, 0.4) is 0 Å². The van der Waals surface area contributed by atoms with Crippen LogP contribution in [0.1, 0.15) is 10.6 Å². The van der Waals surface area contributed by atoms with Gasteiger partial charge in [0.1, 0.15) is 11.5 Å². The fraction of sp³-hybridized carbons (Fsp3) is 0.0952. The van der Waals surface area contributed by atoms with Gasteiger partial charge in [-0.15, -0.1) is 11.3 Å². The first-order valence-corrected chi connectivity index (χ1v) is 9.69. The maximum absolute atomic E-state index is 13.4. The third kappa shape index (κ3) is 3.10. The second-order valence-electron chi connectivity index (χ2n) is 6.66. The molecule has 0 bridgehead atoms. The van der Waals surface area contributed by atoms with Crippen molar-refractivity contribution in [2.45, 2.75) is 6.42 Å². The number of nitrogens with one attached hydrogen (secondary N) is 1. The summed E-state index contributed by atoms with van der Waals surface area (Å²) in [5.74, 6) is -0.222. The molecule has 1 aromatic carbocycles. The van der Waals surface area contributed by atoms with Crippen LogP contribution in [0.5, 0.6) is 0 Å². The number of thiazole rings is 1. The normalized spacial score (nSPS) is 11.4. The van der Waals surface area contributed by atoms with Gasteiger partial charge in [-0.25, -0.2) is 14.4 Å². The van der Waals surface area contributed by atoms with Crippen LogP contribution in [-0.2, 0) is 13.5 Å². The van der Waals surface area contributed by atoms with Crippen LogP contribution in [-0.4, -0.2) is 24.7 Å². The van der Waals surface area contributed by atoms with Gasteiger partial charge in [-0.2, -0.15) is 5.10 Å². The maximum Gasteiger partial charge on any atom is 0.137 e. The van der Waals surface area contributed by atoms with Gasteiger partial charge in [0.2, 0.25) is 0 Å². The van der Waals surface area contributed by atoms with E-state index < -0.39 is 0 Å². The van der Waals surface area contributed by atoms with Crippen molar-refractivity contribution in [3.05, 3.63) is 76.9 Å². The molecule has 0 unspecified atom stereocenters. The number of nitrogens with zero attached hydrogens (tertiary/aromatic N) is 4. The highest BCUT2D eigenvalue weighted by molar-refractivity contribution is 7.10. The third-order valence-electron chi connectivity index (χ3n) is 4.64. The number of hydrogen-bond donors (Lipinski definition) is 1. The molecule has 4 heterocycles. The van der Waals surface area contributed by atoms with Gasteiger partial charge in [0.05, 0.1) is 16.9 Å². The van der Waals surface area contributed by atoms with Crippen LogP contribution in [0, 0.1) is 5.82 Å². The molecule has 0 saturated heterocycles. The first kappa shape index (κ1) is 16.8. The highest BCUT2D eigenvalue weighted by Crippen LogP contribution is 2.32. The molecule has 5 nitrogen and oxygen atoms in total. The minimum absolute atomic E-state index is 0.222. The summed E-state index contributed by atoms with van der Waals surface area (Å²) in [7, 11) is 1.90. The summed E-state index contributed by atoms with van der Waals surface area (Å²) < 4.78 is 15.2. The van der Waals surface area contributed by atoms with Crippen molar-refractivity contribution < 1.29 is 4.39 Å². The molecule has 0 fully saturated rings. The summed E-state index contributed by atoms with van der Waals surface area (Å²) in [6, 6.07) is 8.76. The van der Waals surface area contributed by atoms with E-state index in [0.717, 1.165) is 44.0 Å². The van der Waals surface area contributed by atoms with E-state index in [1.54, 1.807) is 28.2 Å². The summed E-state index contributed by atoms with van der Waals surface area (Å²) in [6.45, 7) is 0. The molecule has 4 aromatic heterocycles. The van der Waals surface area contributed by atoms with Crippen molar-refractivity contribution in [3.63, 3.8) is 0 Å². The number of aryl methyl sites for hydroxylation is 1. The molecule has 5 rings (SSSR count). The van der Waals surface area contributed by atoms with Crippen molar-refractivity contribution in [2.75, 3.05) is 0 Å². The molecule has 1 N–H and O–H groups in total. The topological polar surface area (TPSA) is 59.4 Å². The molecule has 28 heavy (non-hydrogen) atoms. The van der Waals surface area contributed by atoms with Gasteiger partial charge in [0.25, 0.3) is 0 Å². The van der Waals surface area contributed by atoms with Crippen LogP contribution in [0.25, 0.3) is 33.4 Å². The fourth-order valence-corrected chi connectivity index (χ4v) is 4.11. The molecular formula is C21H16FN5S. The first-order chi connectivity index (χ1) is 13.7. The van der Waals surface area contributed by atoms with Crippen LogP contribution in [0.4, 0.5) is 4.39 Å². The molecule has 0 saturated carbocycles. The molecule has 0 spiro atoms. The molecule has 0 amide bonds. The van der Waals surface area contributed by atoms with Gasteiger partial charge >= 0.3 is 0 Å². The van der Waals surface area contributed by atoms with Crippen LogP contribution in [0.15, 0.2) is 60.5 Å². The zero-order valence-corrected chi connectivity index (χ0v) is 15.9. The van der Waals surface area contributed by atoms with Gasteiger partial charge in [0, 0.05) is 59.5 Å². The molecule has 5 aromatic rings. The monoisotopic (exact) mass is 389 g/mol. The molecule has 0 atom stereocenters. The van der Waals surface area contributed by atoms with Crippen LogP contribution in [0.2, 0.25) is 0 Å². The number of H-pyrrole nitrogens is 1. The lowest BCUT2D eigenvalue weighted by molar-refractivity contribution is 0.626. The first-order valence-electron chi connectivity index (χ1n) is 8.81. The minimum Gasteiger partial charge on any atom is -0.345 e. The lowest BCUT2D eigenvalue weighted by Crippen LogP contribution is -1.88. The van der Waals surface area contributed by atoms with E-state index in [0.29, 0.717) is 6.42 Å². The van der Waals surface area contributed by atoms with Gasteiger partial charge in [-0.3, -0.25) is 4.68 Å². The van der Waals surface area contributed by atoms with E-state index in [4.69, 9.17) is 4.98 Å². The molecular weight excluding hydrogens is 373 g/mol.